The normalized spacial score (nSPS) is 11.6. The molecule has 2 aromatic heterocycles. The van der Waals surface area contributed by atoms with Crippen LogP contribution in [0.15, 0.2) is 23.4 Å². The van der Waals surface area contributed by atoms with Crippen LogP contribution in [-0.2, 0) is 7.05 Å². The summed E-state index contributed by atoms with van der Waals surface area (Å²) in [6.45, 7) is 4.44. The molecule has 0 fully saturated rings. The van der Waals surface area contributed by atoms with Crippen molar-refractivity contribution in [3.05, 3.63) is 23.9 Å². The Morgan fingerprint density at radius 2 is 2.19 bits per heavy atom. The lowest BCUT2D eigenvalue weighted by Gasteiger charge is -2.10. The predicted molar refractivity (Wildman–Crippen MR) is 69.7 cm³/mol. The minimum atomic E-state index is 0.518. The van der Waals surface area contributed by atoms with E-state index in [1.165, 1.54) is 10.9 Å². The van der Waals surface area contributed by atoms with Gasteiger partial charge in [0, 0.05) is 18.6 Å². The van der Waals surface area contributed by atoms with Crippen molar-refractivity contribution in [3.8, 4) is 0 Å². The Balaban J connectivity index is 2.65. The molecule has 0 aliphatic carbocycles. The van der Waals surface area contributed by atoms with Crippen LogP contribution in [0.4, 0.5) is 0 Å². The molecule has 0 saturated heterocycles. The van der Waals surface area contributed by atoms with E-state index in [0.29, 0.717) is 5.92 Å². The Morgan fingerprint density at radius 1 is 1.44 bits per heavy atom. The molecule has 2 aromatic rings. The van der Waals surface area contributed by atoms with E-state index >= 15 is 0 Å². The second kappa shape index (κ2) is 4.47. The van der Waals surface area contributed by atoms with E-state index in [-0.39, 0.29) is 0 Å². The number of rotatable bonds is 3. The minimum Gasteiger partial charge on any atom is -0.336 e. The molecule has 0 radical (unpaired) electrons. The monoisotopic (exact) mass is 235 g/mol. The number of pyridine rings is 1. The van der Waals surface area contributed by atoms with Crippen LogP contribution in [0.25, 0.3) is 11.0 Å². The van der Waals surface area contributed by atoms with Crippen molar-refractivity contribution < 1.29 is 0 Å². The quantitative estimate of drug-likeness (QED) is 0.830. The lowest BCUT2D eigenvalue weighted by Crippen LogP contribution is -1.98. The number of fused-ring (bicyclic) bond motifs is 1. The van der Waals surface area contributed by atoms with E-state index in [1.807, 2.05) is 14.1 Å². The SMILES string of the molecule is CNSc1cc(C(C)C)c2ccn(C)c2n1. The van der Waals surface area contributed by atoms with Crippen LogP contribution in [0.1, 0.15) is 25.3 Å². The van der Waals surface area contributed by atoms with Gasteiger partial charge in [-0.3, -0.25) is 4.72 Å². The van der Waals surface area contributed by atoms with Gasteiger partial charge in [-0.25, -0.2) is 4.98 Å². The van der Waals surface area contributed by atoms with Crippen molar-refractivity contribution in [3.63, 3.8) is 0 Å². The standard InChI is InChI=1S/C12H17N3S/c1-8(2)10-7-11(16-13-3)14-12-9(10)5-6-15(12)4/h5-8,13H,1-4H3. The van der Waals surface area contributed by atoms with Crippen LogP contribution in [0.3, 0.4) is 0 Å². The Morgan fingerprint density at radius 3 is 2.81 bits per heavy atom. The number of nitrogens with zero attached hydrogens (tertiary/aromatic N) is 2. The van der Waals surface area contributed by atoms with Crippen LogP contribution in [0.2, 0.25) is 0 Å². The van der Waals surface area contributed by atoms with Gasteiger partial charge in [0.05, 0.1) is 0 Å². The molecule has 0 aliphatic rings. The van der Waals surface area contributed by atoms with Crippen molar-refractivity contribution in [2.24, 2.45) is 7.05 Å². The van der Waals surface area contributed by atoms with Gasteiger partial charge in [-0.1, -0.05) is 13.8 Å². The summed E-state index contributed by atoms with van der Waals surface area (Å²) in [4.78, 5) is 4.63. The molecule has 0 bridgehead atoms. The molecule has 86 valence electrons. The molecule has 0 unspecified atom stereocenters. The number of nitrogens with one attached hydrogen (secondary N) is 1. The summed E-state index contributed by atoms with van der Waals surface area (Å²) in [5.74, 6) is 0.518. The second-order valence-electron chi connectivity index (χ2n) is 4.17. The van der Waals surface area contributed by atoms with E-state index in [0.717, 1.165) is 10.7 Å². The molecule has 0 aromatic carbocycles. The molecule has 4 heteroatoms. The lowest BCUT2D eigenvalue weighted by atomic mass is 10.0. The van der Waals surface area contributed by atoms with Crippen molar-refractivity contribution >= 4 is 23.0 Å². The first kappa shape index (κ1) is 11.5. The van der Waals surface area contributed by atoms with Crippen LogP contribution < -0.4 is 4.72 Å². The highest BCUT2D eigenvalue weighted by Crippen LogP contribution is 2.28. The molecular formula is C12H17N3S. The zero-order valence-corrected chi connectivity index (χ0v) is 10.9. The molecular weight excluding hydrogens is 218 g/mol. The molecule has 0 spiro atoms. The van der Waals surface area contributed by atoms with Crippen LogP contribution >= 0.6 is 11.9 Å². The first-order valence-electron chi connectivity index (χ1n) is 5.43. The van der Waals surface area contributed by atoms with E-state index in [1.54, 1.807) is 11.9 Å². The van der Waals surface area contributed by atoms with E-state index in [4.69, 9.17) is 0 Å². The summed E-state index contributed by atoms with van der Waals surface area (Å²) < 4.78 is 5.14. The number of hydrogen-bond acceptors (Lipinski definition) is 3. The van der Waals surface area contributed by atoms with Crippen LogP contribution in [-0.4, -0.2) is 16.6 Å². The Bertz CT molecular complexity index is 502. The zero-order chi connectivity index (χ0) is 11.7. The average Bonchev–Trinajstić information content (AvgIpc) is 2.60. The first-order valence-corrected chi connectivity index (χ1v) is 6.24. The van der Waals surface area contributed by atoms with Gasteiger partial charge in [0.2, 0.25) is 0 Å². The van der Waals surface area contributed by atoms with Gasteiger partial charge in [0.25, 0.3) is 0 Å². The molecule has 0 atom stereocenters. The second-order valence-corrected chi connectivity index (χ2v) is 5.21. The average molecular weight is 235 g/mol. The maximum absolute atomic E-state index is 4.63. The fourth-order valence-corrected chi connectivity index (χ4v) is 2.39. The number of hydrogen-bond donors (Lipinski definition) is 1. The number of aryl methyl sites for hydroxylation is 1. The van der Waals surface area contributed by atoms with Gasteiger partial charge in [-0.15, -0.1) is 0 Å². The van der Waals surface area contributed by atoms with Gasteiger partial charge < -0.3 is 4.57 Å². The Kier molecular flexibility index (Phi) is 3.21. The van der Waals surface area contributed by atoms with Crippen LogP contribution in [0.5, 0.6) is 0 Å². The highest BCUT2D eigenvalue weighted by molar-refractivity contribution is 7.97. The van der Waals surface area contributed by atoms with Crippen LogP contribution in [0, 0.1) is 0 Å². The Hall–Kier alpha value is -1.00. The lowest BCUT2D eigenvalue weighted by molar-refractivity contribution is 0.861. The van der Waals surface area contributed by atoms with Gasteiger partial charge in [0.15, 0.2) is 0 Å². The number of aromatic nitrogens is 2. The predicted octanol–water partition coefficient (Wildman–Crippen LogP) is 2.92. The first-order chi connectivity index (χ1) is 7.63. The minimum absolute atomic E-state index is 0.518. The van der Waals surface area contributed by atoms with E-state index in [9.17, 15) is 0 Å². The zero-order valence-electron chi connectivity index (χ0n) is 10.1. The molecule has 0 amide bonds. The summed E-state index contributed by atoms with van der Waals surface area (Å²) >= 11 is 1.56. The summed E-state index contributed by atoms with van der Waals surface area (Å²) in [6.07, 6.45) is 2.07. The summed E-state index contributed by atoms with van der Waals surface area (Å²) in [5, 5.41) is 2.29. The van der Waals surface area contributed by atoms with E-state index < -0.39 is 0 Å². The van der Waals surface area contributed by atoms with Gasteiger partial charge in [0.1, 0.15) is 10.7 Å². The molecule has 1 N–H and O–H groups in total. The molecule has 2 rings (SSSR count). The Labute approximate surface area is 100 Å². The highest BCUT2D eigenvalue weighted by atomic mass is 32.2. The fraction of sp³-hybridized carbons (Fsp3) is 0.417. The van der Waals surface area contributed by atoms with Gasteiger partial charge in [-0.2, -0.15) is 0 Å². The molecule has 0 aliphatic heterocycles. The molecule has 16 heavy (non-hydrogen) atoms. The third-order valence-corrected chi connectivity index (χ3v) is 3.30. The fourth-order valence-electron chi connectivity index (χ4n) is 1.87. The third-order valence-electron chi connectivity index (χ3n) is 2.67. The summed E-state index contributed by atoms with van der Waals surface area (Å²) in [5.41, 5.74) is 2.42. The van der Waals surface area contributed by atoms with E-state index in [2.05, 4.69) is 46.5 Å². The van der Waals surface area contributed by atoms with Gasteiger partial charge >= 0.3 is 0 Å². The molecule has 3 nitrogen and oxygen atoms in total. The maximum Gasteiger partial charge on any atom is 0.141 e. The van der Waals surface area contributed by atoms with Crippen molar-refractivity contribution in [2.45, 2.75) is 24.8 Å². The molecule has 2 heterocycles. The molecule has 0 saturated carbocycles. The third kappa shape index (κ3) is 1.95. The summed E-state index contributed by atoms with van der Waals surface area (Å²) in [6, 6.07) is 4.32. The highest BCUT2D eigenvalue weighted by Gasteiger charge is 2.11. The van der Waals surface area contributed by atoms with Crippen molar-refractivity contribution in [2.75, 3.05) is 7.05 Å². The maximum atomic E-state index is 4.63. The largest absolute Gasteiger partial charge is 0.336 e. The summed E-state index contributed by atoms with van der Waals surface area (Å²) in [7, 11) is 3.95. The van der Waals surface area contributed by atoms with Gasteiger partial charge in [-0.05, 0) is 42.6 Å². The smallest absolute Gasteiger partial charge is 0.141 e. The van der Waals surface area contributed by atoms with Crippen molar-refractivity contribution in [1.82, 2.24) is 14.3 Å². The topological polar surface area (TPSA) is 29.9 Å². The van der Waals surface area contributed by atoms with Crippen molar-refractivity contribution in [1.29, 1.82) is 0 Å².